The minimum atomic E-state index is 0.675. The third-order valence-corrected chi connectivity index (χ3v) is 2.03. The van der Waals surface area contributed by atoms with Gasteiger partial charge in [0.2, 0.25) is 5.88 Å². The average Bonchev–Trinajstić information content (AvgIpc) is 2.41. The molecule has 0 saturated heterocycles. The van der Waals surface area contributed by atoms with Gasteiger partial charge in [-0.3, -0.25) is 4.98 Å². The predicted octanol–water partition coefficient (Wildman–Crippen LogP) is 0.521. The van der Waals surface area contributed by atoms with Gasteiger partial charge in [0.25, 0.3) is 0 Å². The summed E-state index contributed by atoms with van der Waals surface area (Å²) in [7, 11) is 0. The van der Waals surface area contributed by atoms with Crippen LogP contribution in [0.5, 0.6) is 5.88 Å². The van der Waals surface area contributed by atoms with E-state index in [0.29, 0.717) is 12.5 Å². The second kappa shape index (κ2) is 3.70. The topological polar surface area (TPSA) is 47.0 Å². The van der Waals surface area contributed by atoms with Crippen LogP contribution < -0.4 is 10.1 Å². The molecular formula is C9H13N3O. The monoisotopic (exact) mass is 179 g/mol. The first-order chi connectivity index (χ1) is 6.40. The third-order valence-electron chi connectivity index (χ3n) is 2.03. The molecular weight excluding hydrogens is 166 g/mol. The highest BCUT2D eigenvalue weighted by Crippen LogP contribution is 2.14. The van der Waals surface area contributed by atoms with Crippen molar-refractivity contribution in [3.63, 3.8) is 0 Å². The molecule has 0 bridgehead atoms. The Morgan fingerprint density at radius 2 is 2.54 bits per heavy atom. The van der Waals surface area contributed by atoms with E-state index < -0.39 is 0 Å². The Kier molecular flexibility index (Phi) is 2.40. The second-order valence-electron chi connectivity index (χ2n) is 2.99. The largest absolute Gasteiger partial charge is 0.475 e. The van der Waals surface area contributed by atoms with Gasteiger partial charge in [-0.25, -0.2) is 4.98 Å². The molecule has 0 radical (unpaired) electrons. The fourth-order valence-corrected chi connectivity index (χ4v) is 1.27. The molecule has 4 nitrogen and oxygen atoms in total. The van der Waals surface area contributed by atoms with Crippen molar-refractivity contribution in [3.8, 4) is 5.88 Å². The zero-order chi connectivity index (χ0) is 9.10. The fraction of sp³-hybridized carbons (Fsp3) is 0.556. The normalized spacial score (nSPS) is 15.8. The number of nitrogens with one attached hydrogen (secondary N) is 1. The molecule has 1 aliphatic heterocycles. The average molecular weight is 179 g/mol. The molecule has 4 heteroatoms. The van der Waals surface area contributed by atoms with Gasteiger partial charge in [0.05, 0.1) is 5.69 Å². The number of hydrogen-bond acceptors (Lipinski definition) is 4. The van der Waals surface area contributed by atoms with Crippen LogP contribution in [-0.2, 0) is 13.0 Å². The number of ether oxygens (including phenoxy) is 1. The first kappa shape index (κ1) is 8.44. The molecule has 2 rings (SSSR count). The van der Waals surface area contributed by atoms with Gasteiger partial charge in [-0.2, -0.15) is 0 Å². The van der Waals surface area contributed by atoms with Crippen molar-refractivity contribution in [1.29, 1.82) is 0 Å². The number of hydrogen-bond donors (Lipinski definition) is 1. The van der Waals surface area contributed by atoms with Crippen LogP contribution in [0.2, 0.25) is 0 Å². The maximum Gasteiger partial charge on any atom is 0.237 e. The van der Waals surface area contributed by atoms with Crippen LogP contribution in [0.15, 0.2) is 6.20 Å². The summed E-state index contributed by atoms with van der Waals surface area (Å²) in [4.78, 5) is 8.67. The Bertz CT molecular complexity index is 301. The lowest BCUT2D eigenvalue weighted by Gasteiger charge is -2.05. The smallest absolute Gasteiger partial charge is 0.237 e. The van der Waals surface area contributed by atoms with Crippen LogP contribution in [0.1, 0.15) is 18.3 Å². The molecule has 13 heavy (non-hydrogen) atoms. The number of aryl methyl sites for hydroxylation is 1. The Hall–Kier alpha value is -1.16. The molecule has 0 atom stereocenters. The summed E-state index contributed by atoms with van der Waals surface area (Å²) in [6.45, 7) is 4.35. The maximum atomic E-state index is 5.45. The summed E-state index contributed by atoms with van der Waals surface area (Å²) < 4.78 is 5.45. The maximum absolute atomic E-state index is 5.45. The van der Waals surface area contributed by atoms with Crippen LogP contribution >= 0.6 is 0 Å². The molecule has 0 fully saturated rings. The van der Waals surface area contributed by atoms with Crippen molar-refractivity contribution in [2.45, 2.75) is 19.9 Å². The first-order valence-corrected chi connectivity index (χ1v) is 4.58. The molecule has 0 saturated carbocycles. The van der Waals surface area contributed by atoms with Crippen molar-refractivity contribution in [3.05, 3.63) is 17.6 Å². The van der Waals surface area contributed by atoms with Crippen LogP contribution in [0.3, 0.4) is 0 Å². The Morgan fingerprint density at radius 1 is 1.62 bits per heavy atom. The molecule has 1 aromatic rings. The van der Waals surface area contributed by atoms with Crippen LogP contribution in [0, 0.1) is 0 Å². The highest BCUT2D eigenvalue weighted by atomic mass is 16.5. The molecule has 0 unspecified atom stereocenters. The van der Waals surface area contributed by atoms with Crippen LogP contribution in [-0.4, -0.2) is 23.1 Å². The van der Waals surface area contributed by atoms with Gasteiger partial charge in [0, 0.05) is 19.3 Å². The summed E-state index contributed by atoms with van der Waals surface area (Å²) >= 11 is 0. The van der Waals surface area contributed by atoms with Crippen molar-refractivity contribution < 1.29 is 4.74 Å². The van der Waals surface area contributed by atoms with E-state index in [9.17, 15) is 0 Å². The summed E-state index contributed by atoms with van der Waals surface area (Å²) in [6.07, 6.45) is 2.71. The van der Waals surface area contributed by atoms with E-state index in [1.165, 1.54) is 0 Å². The number of fused-ring (bicyclic) bond motifs is 1. The van der Waals surface area contributed by atoms with Gasteiger partial charge in [0.1, 0.15) is 12.3 Å². The van der Waals surface area contributed by atoms with Gasteiger partial charge in [-0.1, -0.05) is 6.92 Å². The minimum absolute atomic E-state index is 0.675. The van der Waals surface area contributed by atoms with Gasteiger partial charge in [-0.15, -0.1) is 0 Å². The van der Waals surface area contributed by atoms with E-state index >= 15 is 0 Å². The van der Waals surface area contributed by atoms with E-state index in [2.05, 4.69) is 22.2 Å². The fourth-order valence-electron chi connectivity index (χ4n) is 1.27. The Morgan fingerprint density at radius 3 is 3.38 bits per heavy atom. The van der Waals surface area contributed by atoms with E-state index in [1.54, 1.807) is 0 Å². The van der Waals surface area contributed by atoms with E-state index in [-0.39, 0.29) is 0 Å². The van der Waals surface area contributed by atoms with Gasteiger partial charge >= 0.3 is 0 Å². The van der Waals surface area contributed by atoms with Gasteiger partial charge < -0.3 is 10.1 Å². The standard InChI is InChI=1S/C9H13N3O/c1-2-7-5-11-8-6-10-3-4-13-9(8)12-7/h5,10H,2-4,6H2,1H3. The lowest BCUT2D eigenvalue weighted by molar-refractivity contribution is 0.312. The molecule has 2 heterocycles. The van der Waals surface area contributed by atoms with E-state index in [1.807, 2.05) is 6.20 Å². The van der Waals surface area contributed by atoms with Crippen LogP contribution in [0.25, 0.3) is 0 Å². The highest BCUT2D eigenvalue weighted by molar-refractivity contribution is 5.20. The van der Waals surface area contributed by atoms with E-state index in [0.717, 1.165) is 30.9 Å². The first-order valence-electron chi connectivity index (χ1n) is 4.58. The Labute approximate surface area is 77.4 Å². The SMILES string of the molecule is CCc1cnc2c(n1)OCCNC2. The van der Waals surface area contributed by atoms with Crippen molar-refractivity contribution in [2.75, 3.05) is 13.2 Å². The molecule has 0 amide bonds. The molecule has 0 spiro atoms. The summed E-state index contributed by atoms with van der Waals surface area (Å²) in [5.41, 5.74) is 1.90. The van der Waals surface area contributed by atoms with Crippen LogP contribution in [0.4, 0.5) is 0 Å². The molecule has 0 aliphatic carbocycles. The third kappa shape index (κ3) is 1.78. The van der Waals surface area contributed by atoms with Gasteiger partial charge in [-0.05, 0) is 6.42 Å². The zero-order valence-electron chi connectivity index (χ0n) is 7.71. The highest BCUT2D eigenvalue weighted by Gasteiger charge is 2.11. The Balaban J connectivity index is 2.32. The zero-order valence-corrected chi connectivity index (χ0v) is 7.71. The lowest BCUT2D eigenvalue weighted by Crippen LogP contribution is -2.16. The second-order valence-corrected chi connectivity index (χ2v) is 2.99. The van der Waals surface area contributed by atoms with Crippen molar-refractivity contribution in [2.24, 2.45) is 0 Å². The van der Waals surface area contributed by atoms with Gasteiger partial charge in [0.15, 0.2) is 0 Å². The summed E-state index contributed by atoms with van der Waals surface area (Å²) in [6, 6.07) is 0. The lowest BCUT2D eigenvalue weighted by atomic mass is 10.3. The van der Waals surface area contributed by atoms with Crippen molar-refractivity contribution in [1.82, 2.24) is 15.3 Å². The number of nitrogens with zero attached hydrogens (tertiary/aromatic N) is 2. The summed E-state index contributed by atoms with van der Waals surface area (Å²) in [5, 5.41) is 3.21. The molecule has 1 aliphatic rings. The van der Waals surface area contributed by atoms with Crippen molar-refractivity contribution >= 4 is 0 Å². The molecule has 1 aromatic heterocycles. The minimum Gasteiger partial charge on any atom is -0.475 e. The predicted molar refractivity (Wildman–Crippen MR) is 48.6 cm³/mol. The molecule has 0 aromatic carbocycles. The molecule has 70 valence electrons. The number of aromatic nitrogens is 2. The number of rotatable bonds is 1. The van der Waals surface area contributed by atoms with E-state index in [4.69, 9.17) is 4.74 Å². The summed E-state index contributed by atoms with van der Waals surface area (Å²) in [5.74, 6) is 0.698. The quantitative estimate of drug-likeness (QED) is 0.682. The molecule has 1 N–H and O–H groups in total.